The number of para-hydroxylation sites is 2. The molecule has 1 amide bonds. The van der Waals surface area contributed by atoms with Gasteiger partial charge in [-0.2, -0.15) is 0 Å². The highest BCUT2D eigenvalue weighted by Crippen LogP contribution is 2.29. The van der Waals surface area contributed by atoms with Crippen LogP contribution in [0.25, 0.3) is 22.0 Å². The number of carbonyl (C=O) groups excluding carboxylic acids is 1. The molecule has 0 fully saturated rings. The average Bonchev–Trinajstić information content (AvgIpc) is 3.13. The van der Waals surface area contributed by atoms with E-state index >= 15 is 0 Å². The van der Waals surface area contributed by atoms with Crippen molar-refractivity contribution in [3.63, 3.8) is 0 Å². The number of nitro benzene ring substituents is 1. The molecule has 0 saturated carbocycles. The third kappa shape index (κ3) is 3.16. The number of nitrogens with one attached hydrogen (secondary N) is 2. The van der Waals surface area contributed by atoms with Crippen molar-refractivity contribution < 1.29 is 9.72 Å². The number of aromatic nitrogens is 1. The molecule has 4 rings (SSSR count). The fourth-order valence-electron chi connectivity index (χ4n) is 3.07. The maximum atomic E-state index is 12.7. The lowest BCUT2D eigenvalue weighted by molar-refractivity contribution is -0.383. The first kappa shape index (κ1) is 16.5. The minimum Gasteiger partial charge on any atom is -0.345 e. The first-order chi connectivity index (χ1) is 13.1. The Bertz CT molecular complexity index is 1150. The summed E-state index contributed by atoms with van der Waals surface area (Å²) >= 11 is 0. The van der Waals surface area contributed by atoms with Crippen LogP contribution in [0.2, 0.25) is 0 Å². The van der Waals surface area contributed by atoms with Gasteiger partial charge in [-0.3, -0.25) is 14.9 Å². The number of amides is 1. The summed E-state index contributed by atoms with van der Waals surface area (Å²) in [6.07, 6.45) is 0. The van der Waals surface area contributed by atoms with E-state index in [-0.39, 0.29) is 17.3 Å². The van der Waals surface area contributed by atoms with Crippen LogP contribution in [0.5, 0.6) is 0 Å². The largest absolute Gasteiger partial charge is 0.345 e. The molecule has 0 atom stereocenters. The van der Waals surface area contributed by atoms with Gasteiger partial charge in [0.05, 0.1) is 4.92 Å². The fraction of sp³-hybridized carbons (Fsp3) is 0. The summed E-state index contributed by atoms with van der Waals surface area (Å²) < 4.78 is 0. The van der Waals surface area contributed by atoms with Crippen molar-refractivity contribution in [1.29, 1.82) is 0 Å². The number of anilines is 1. The van der Waals surface area contributed by atoms with E-state index in [2.05, 4.69) is 10.3 Å². The number of nitro groups is 1. The molecular weight excluding hydrogens is 342 g/mol. The molecule has 4 aromatic rings. The Hall–Kier alpha value is -3.93. The molecule has 0 aliphatic heterocycles. The van der Waals surface area contributed by atoms with E-state index in [1.54, 1.807) is 18.2 Å². The number of rotatable bonds is 4. The van der Waals surface area contributed by atoms with E-state index in [4.69, 9.17) is 0 Å². The Kier molecular flexibility index (Phi) is 4.14. The molecule has 2 N–H and O–H groups in total. The van der Waals surface area contributed by atoms with Crippen molar-refractivity contribution in [2.45, 2.75) is 0 Å². The topological polar surface area (TPSA) is 88.0 Å². The standard InChI is InChI=1S/C21H15N3O3/c25-21(18-13-15-9-6-12-19(24(26)27)20(15)22-18)23-17-11-5-4-10-16(17)14-7-2-1-3-8-14/h1-13,22H,(H,23,25). The first-order valence-corrected chi connectivity index (χ1v) is 8.35. The van der Waals surface area contributed by atoms with E-state index in [0.29, 0.717) is 16.6 Å². The van der Waals surface area contributed by atoms with Gasteiger partial charge in [0.2, 0.25) is 0 Å². The van der Waals surface area contributed by atoms with Gasteiger partial charge in [0.15, 0.2) is 0 Å². The number of hydrogen-bond donors (Lipinski definition) is 2. The quantitative estimate of drug-likeness (QED) is 0.398. The number of carbonyl (C=O) groups is 1. The Labute approximate surface area is 154 Å². The van der Waals surface area contributed by atoms with Gasteiger partial charge in [-0.25, -0.2) is 0 Å². The number of non-ortho nitro benzene ring substituents is 1. The summed E-state index contributed by atoms with van der Waals surface area (Å²) in [7, 11) is 0. The van der Waals surface area contributed by atoms with Crippen LogP contribution in [0.1, 0.15) is 10.5 Å². The molecule has 27 heavy (non-hydrogen) atoms. The van der Waals surface area contributed by atoms with E-state index in [1.807, 2.05) is 54.6 Å². The van der Waals surface area contributed by atoms with Crippen LogP contribution >= 0.6 is 0 Å². The lowest BCUT2D eigenvalue weighted by atomic mass is 10.0. The van der Waals surface area contributed by atoms with Gasteiger partial charge in [-0.05, 0) is 17.7 Å². The predicted molar refractivity (Wildman–Crippen MR) is 105 cm³/mol. The molecule has 0 aliphatic carbocycles. The second-order valence-corrected chi connectivity index (χ2v) is 6.05. The zero-order valence-corrected chi connectivity index (χ0v) is 14.2. The van der Waals surface area contributed by atoms with Crippen molar-refractivity contribution in [2.75, 3.05) is 5.32 Å². The van der Waals surface area contributed by atoms with Gasteiger partial charge >= 0.3 is 0 Å². The molecule has 0 aliphatic rings. The molecule has 1 aromatic heterocycles. The number of benzene rings is 3. The smallest absolute Gasteiger partial charge is 0.293 e. The highest BCUT2D eigenvalue weighted by Gasteiger charge is 2.17. The Morgan fingerprint density at radius 1 is 0.926 bits per heavy atom. The molecule has 6 heteroatoms. The molecular formula is C21H15N3O3. The van der Waals surface area contributed by atoms with Crippen LogP contribution in [0.3, 0.4) is 0 Å². The summed E-state index contributed by atoms with van der Waals surface area (Å²) in [6.45, 7) is 0. The molecule has 0 radical (unpaired) electrons. The Morgan fingerprint density at radius 2 is 1.67 bits per heavy atom. The van der Waals surface area contributed by atoms with E-state index in [0.717, 1.165) is 11.1 Å². The van der Waals surface area contributed by atoms with Gasteiger partial charge in [0, 0.05) is 22.7 Å². The number of aromatic amines is 1. The van der Waals surface area contributed by atoms with Crippen molar-refractivity contribution >= 4 is 28.2 Å². The van der Waals surface area contributed by atoms with E-state index < -0.39 is 4.92 Å². The van der Waals surface area contributed by atoms with Crippen molar-refractivity contribution in [1.82, 2.24) is 4.98 Å². The molecule has 6 nitrogen and oxygen atoms in total. The summed E-state index contributed by atoms with van der Waals surface area (Å²) in [5.41, 5.74) is 3.10. The molecule has 0 unspecified atom stereocenters. The summed E-state index contributed by atoms with van der Waals surface area (Å²) in [4.78, 5) is 26.3. The molecule has 0 bridgehead atoms. The molecule has 132 valence electrons. The van der Waals surface area contributed by atoms with Crippen molar-refractivity contribution in [3.05, 3.63) is 94.7 Å². The molecule has 0 spiro atoms. The van der Waals surface area contributed by atoms with Gasteiger partial charge in [0.1, 0.15) is 11.2 Å². The van der Waals surface area contributed by atoms with Crippen LogP contribution in [-0.2, 0) is 0 Å². The van der Waals surface area contributed by atoms with Gasteiger partial charge in [-0.15, -0.1) is 0 Å². The van der Waals surface area contributed by atoms with Gasteiger partial charge in [-0.1, -0.05) is 60.7 Å². The fourth-order valence-corrected chi connectivity index (χ4v) is 3.07. The molecule has 3 aromatic carbocycles. The highest BCUT2D eigenvalue weighted by atomic mass is 16.6. The maximum Gasteiger partial charge on any atom is 0.293 e. The number of H-pyrrole nitrogens is 1. The normalized spacial score (nSPS) is 10.7. The van der Waals surface area contributed by atoms with Crippen LogP contribution in [0.4, 0.5) is 11.4 Å². The van der Waals surface area contributed by atoms with Crippen molar-refractivity contribution in [2.24, 2.45) is 0 Å². The van der Waals surface area contributed by atoms with Gasteiger partial charge < -0.3 is 10.3 Å². The maximum absolute atomic E-state index is 12.7. The van der Waals surface area contributed by atoms with Crippen LogP contribution in [-0.4, -0.2) is 15.8 Å². The zero-order valence-electron chi connectivity index (χ0n) is 14.2. The first-order valence-electron chi connectivity index (χ1n) is 8.35. The average molecular weight is 357 g/mol. The number of nitrogens with zero attached hydrogens (tertiary/aromatic N) is 1. The lowest BCUT2D eigenvalue weighted by Gasteiger charge is -2.10. The zero-order chi connectivity index (χ0) is 18.8. The third-order valence-corrected chi connectivity index (χ3v) is 4.34. The summed E-state index contributed by atoms with van der Waals surface area (Å²) in [5, 5.41) is 14.7. The Morgan fingerprint density at radius 3 is 2.44 bits per heavy atom. The SMILES string of the molecule is O=C(Nc1ccccc1-c1ccccc1)c1cc2cccc([N+](=O)[O-])c2[nH]1. The third-order valence-electron chi connectivity index (χ3n) is 4.34. The Balaban J connectivity index is 1.69. The monoisotopic (exact) mass is 357 g/mol. The molecule has 1 heterocycles. The second-order valence-electron chi connectivity index (χ2n) is 6.05. The van der Waals surface area contributed by atoms with Crippen LogP contribution in [0.15, 0.2) is 78.9 Å². The second kappa shape index (κ2) is 6.76. The summed E-state index contributed by atoms with van der Waals surface area (Å²) in [6, 6.07) is 23.6. The van der Waals surface area contributed by atoms with Crippen LogP contribution in [0, 0.1) is 10.1 Å². The summed E-state index contributed by atoms with van der Waals surface area (Å²) in [5.74, 6) is -0.358. The predicted octanol–water partition coefficient (Wildman–Crippen LogP) is 5.00. The van der Waals surface area contributed by atoms with Gasteiger partial charge in [0.25, 0.3) is 11.6 Å². The minimum absolute atomic E-state index is 0.0590. The highest BCUT2D eigenvalue weighted by molar-refractivity contribution is 6.08. The van der Waals surface area contributed by atoms with Crippen LogP contribution < -0.4 is 5.32 Å². The van der Waals surface area contributed by atoms with E-state index in [1.165, 1.54) is 6.07 Å². The minimum atomic E-state index is -0.467. The molecule has 0 saturated heterocycles. The van der Waals surface area contributed by atoms with Crippen molar-refractivity contribution in [3.8, 4) is 11.1 Å². The lowest BCUT2D eigenvalue weighted by Crippen LogP contribution is -2.13. The number of hydrogen-bond acceptors (Lipinski definition) is 3. The van der Waals surface area contributed by atoms with E-state index in [9.17, 15) is 14.9 Å². The number of fused-ring (bicyclic) bond motifs is 1.